The van der Waals surface area contributed by atoms with Crippen LogP contribution in [0.2, 0.25) is 10.1 Å². The first-order valence-electron chi connectivity index (χ1n) is 6.59. The molecule has 0 N–H and O–H groups in total. The van der Waals surface area contributed by atoms with E-state index in [2.05, 4.69) is 31.0 Å². The molecule has 0 atom stereocenters. The molecule has 0 aliphatic rings. The Morgan fingerprint density at radius 1 is 0.895 bits per heavy atom. The average Bonchev–Trinajstić information content (AvgIpc) is 2.07. The number of rotatable bonds is 2. The summed E-state index contributed by atoms with van der Waals surface area (Å²) in [5.41, 5.74) is 0.819. The summed E-state index contributed by atoms with van der Waals surface area (Å²) in [7, 11) is -3.36. The molecule has 0 unspecified atom stereocenters. The second-order valence-electron chi connectivity index (χ2n) is 8.16. The zero-order chi connectivity index (χ0) is 15.0. The quantitative estimate of drug-likeness (QED) is 0.322. The van der Waals surface area contributed by atoms with Crippen molar-refractivity contribution in [2.24, 2.45) is 10.5 Å². The first kappa shape index (κ1) is 21.5. The Morgan fingerprint density at radius 2 is 1.21 bits per heavy atom. The standard InChI is InChI=1S/C14H30FN2Si.Li/c1-11(12(2,3)4)16-17-18(15,13(5,6)7)14(8,9)10;/h1-10H3;/q-1;+1/b16-11+;. The molecule has 0 saturated heterocycles. The molecule has 0 spiro atoms. The summed E-state index contributed by atoms with van der Waals surface area (Å²) in [5, 5.41) is 7.55. The molecule has 5 heteroatoms. The van der Waals surface area contributed by atoms with E-state index in [1.165, 1.54) is 0 Å². The predicted molar refractivity (Wildman–Crippen MR) is 82.2 cm³/mol. The van der Waals surface area contributed by atoms with Crippen LogP contribution in [0.3, 0.4) is 0 Å². The Labute approximate surface area is 132 Å². The minimum Gasteiger partial charge on any atom is -0.578 e. The summed E-state index contributed by atoms with van der Waals surface area (Å²) in [4.78, 5) is 0. The van der Waals surface area contributed by atoms with Crippen molar-refractivity contribution >= 4 is 14.3 Å². The SMILES string of the molecule is C/C(=N\[N-][Si](F)(C(C)(C)C)C(C)(C)C)C(C)(C)C.[Li+]. The van der Waals surface area contributed by atoms with Crippen LogP contribution >= 0.6 is 0 Å². The van der Waals surface area contributed by atoms with Crippen molar-refractivity contribution in [3.8, 4) is 0 Å². The van der Waals surface area contributed by atoms with Crippen LogP contribution in [-0.2, 0) is 0 Å². The molecular formula is C14H30FLiN2Si. The van der Waals surface area contributed by atoms with Gasteiger partial charge in [0.05, 0.1) is 0 Å². The Balaban J connectivity index is 0. The Morgan fingerprint density at radius 3 is 1.42 bits per heavy atom. The number of halogens is 1. The van der Waals surface area contributed by atoms with Crippen LogP contribution in [0.5, 0.6) is 0 Å². The van der Waals surface area contributed by atoms with E-state index < -0.39 is 18.6 Å². The molecule has 0 saturated carbocycles. The van der Waals surface area contributed by atoms with Gasteiger partial charge in [0, 0.05) is 0 Å². The monoisotopic (exact) mass is 280 g/mol. The molecule has 0 aromatic rings. The second kappa shape index (κ2) is 6.32. The Hall–Kier alpha value is 0.214. The van der Waals surface area contributed by atoms with Gasteiger partial charge in [-0.15, -0.1) is 0 Å². The largest absolute Gasteiger partial charge is 1.00 e. The van der Waals surface area contributed by atoms with Crippen LogP contribution in [0, 0.1) is 5.41 Å². The maximum Gasteiger partial charge on any atom is 1.00 e. The maximum absolute atomic E-state index is 15.4. The molecule has 0 aromatic heterocycles. The minimum absolute atomic E-state index is 0. The van der Waals surface area contributed by atoms with Crippen molar-refractivity contribution in [2.75, 3.05) is 0 Å². The third-order valence-electron chi connectivity index (χ3n) is 3.41. The van der Waals surface area contributed by atoms with E-state index in [1.54, 1.807) is 0 Å². The minimum atomic E-state index is -3.36. The summed E-state index contributed by atoms with van der Waals surface area (Å²) >= 11 is 0. The van der Waals surface area contributed by atoms with Gasteiger partial charge in [0.2, 0.25) is 0 Å². The topological polar surface area (TPSA) is 26.5 Å². The average molecular weight is 280 g/mol. The fourth-order valence-electron chi connectivity index (χ4n) is 1.72. The van der Waals surface area contributed by atoms with Crippen LogP contribution in [0.1, 0.15) is 69.2 Å². The van der Waals surface area contributed by atoms with E-state index >= 15 is 4.11 Å². The Kier molecular flexibility index (Phi) is 7.16. The van der Waals surface area contributed by atoms with E-state index in [9.17, 15) is 0 Å². The first-order chi connectivity index (χ1) is 7.63. The summed E-state index contributed by atoms with van der Waals surface area (Å²) < 4.78 is 15.4. The van der Waals surface area contributed by atoms with Crippen molar-refractivity contribution < 1.29 is 23.0 Å². The van der Waals surface area contributed by atoms with Crippen molar-refractivity contribution in [2.45, 2.75) is 79.3 Å². The van der Waals surface area contributed by atoms with Crippen LogP contribution in [0.25, 0.3) is 5.09 Å². The fourth-order valence-corrected chi connectivity index (χ4v) is 4.86. The summed E-state index contributed by atoms with van der Waals surface area (Å²) in [5.74, 6) is 0. The van der Waals surface area contributed by atoms with E-state index in [0.29, 0.717) is 0 Å². The van der Waals surface area contributed by atoms with Gasteiger partial charge in [-0.3, -0.25) is 0 Å². The third-order valence-corrected chi connectivity index (χ3v) is 7.76. The van der Waals surface area contributed by atoms with Crippen molar-refractivity contribution in [3.63, 3.8) is 0 Å². The zero-order valence-electron chi connectivity index (χ0n) is 14.8. The molecule has 19 heavy (non-hydrogen) atoms. The van der Waals surface area contributed by atoms with Gasteiger partial charge >= 0.3 is 18.9 Å². The molecule has 0 aromatic carbocycles. The van der Waals surface area contributed by atoms with Crippen LogP contribution in [-0.4, -0.2) is 14.3 Å². The van der Waals surface area contributed by atoms with Gasteiger partial charge in [0.15, 0.2) is 8.57 Å². The molecule has 0 amide bonds. The second-order valence-corrected chi connectivity index (χ2v) is 12.6. The van der Waals surface area contributed by atoms with Gasteiger partial charge in [-0.2, -0.15) is 0 Å². The van der Waals surface area contributed by atoms with E-state index in [1.807, 2.05) is 48.5 Å². The molecule has 2 nitrogen and oxygen atoms in total. The molecular weight excluding hydrogens is 250 g/mol. The molecule has 0 bridgehead atoms. The number of hydrogen-bond donors (Lipinski definition) is 0. The molecule has 0 fully saturated rings. The van der Waals surface area contributed by atoms with Crippen LogP contribution < -0.4 is 18.9 Å². The van der Waals surface area contributed by atoms with Gasteiger partial charge in [-0.25, -0.2) is 0 Å². The number of nitrogens with zero attached hydrogens (tertiary/aromatic N) is 2. The van der Waals surface area contributed by atoms with E-state index in [0.717, 1.165) is 5.71 Å². The third kappa shape index (κ3) is 5.25. The first-order valence-corrected chi connectivity index (χ1v) is 8.41. The van der Waals surface area contributed by atoms with Crippen LogP contribution in [0.15, 0.2) is 5.10 Å². The Bertz CT molecular complexity index is 308. The van der Waals surface area contributed by atoms with Crippen molar-refractivity contribution in [3.05, 3.63) is 5.09 Å². The molecule has 0 aliphatic carbocycles. The van der Waals surface area contributed by atoms with E-state index in [-0.39, 0.29) is 24.3 Å². The molecule has 0 aliphatic heterocycles. The zero-order valence-corrected chi connectivity index (χ0v) is 15.8. The molecule has 0 radical (unpaired) electrons. The summed E-state index contributed by atoms with van der Waals surface area (Å²) in [6.45, 7) is 19.7. The normalized spacial score (nSPS) is 15.0. The predicted octanol–water partition coefficient (Wildman–Crippen LogP) is 2.80. The fraction of sp³-hybridized carbons (Fsp3) is 0.929. The van der Waals surface area contributed by atoms with Crippen LogP contribution in [0.4, 0.5) is 4.11 Å². The van der Waals surface area contributed by atoms with Gasteiger partial charge in [0.25, 0.3) is 0 Å². The number of hydrogen-bond acceptors (Lipinski definition) is 1. The molecule has 108 valence electrons. The van der Waals surface area contributed by atoms with Crippen molar-refractivity contribution in [1.29, 1.82) is 0 Å². The van der Waals surface area contributed by atoms with E-state index in [4.69, 9.17) is 0 Å². The molecule has 0 heterocycles. The smallest absolute Gasteiger partial charge is 0.578 e. The van der Waals surface area contributed by atoms with Gasteiger partial charge in [-0.1, -0.05) is 62.3 Å². The van der Waals surface area contributed by atoms with Crippen molar-refractivity contribution in [1.82, 2.24) is 0 Å². The van der Waals surface area contributed by atoms with Gasteiger partial charge < -0.3 is 14.3 Å². The van der Waals surface area contributed by atoms with Gasteiger partial charge in [0.1, 0.15) is 0 Å². The maximum atomic E-state index is 15.4. The molecule has 0 rings (SSSR count). The van der Waals surface area contributed by atoms with Gasteiger partial charge in [-0.05, 0) is 28.1 Å². The summed E-state index contributed by atoms with van der Waals surface area (Å²) in [6, 6.07) is 0. The summed E-state index contributed by atoms with van der Waals surface area (Å²) in [6.07, 6.45) is 0.